The summed E-state index contributed by atoms with van der Waals surface area (Å²) in [5.41, 5.74) is 2.57. The molecular weight excluding hydrogens is 302 g/mol. The van der Waals surface area contributed by atoms with Gasteiger partial charge in [0.25, 0.3) is 0 Å². The van der Waals surface area contributed by atoms with Gasteiger partial charge in [-0.05, 0) is 37.0 Å². The van der Waals surface area contributed by atoms with Gasteiger partial charge in [-0.25, -0.2) is 0 Å². The summed E-state index contributed by atoms with van der Waals surface area (Å²) in [4.78, 5) is 23.2. The Bertz CT molecular complexity index is 566. The second-order valence-corrected chi connectivity index (χ2v) is 6.66. The van der Waals surface area contributed by atoms with Crippen LogP contribution in [0.5, 0.6) is 0 Å². The van der Waals surface area contributed by atoms with Crippen LogP contribution in [0.25, 0.3) is 0 Å². The van der Waals surface area contributed by atoms with Crippen LogP contribution < -0.4 is 16.0 Å². The van der Waals surface area contributed by atoms with Crippen molar-refractivity contribution in [3.05, 3.63) is 23.8 Å². The first-order valence-electron chi connectivity index (χ1n) is 8.94. The molecule has 24 heavy (non-hydrogen) atoms. The van der Waals surface area contributed by atoms with Crippen LogP contribution in [0, 0.1) is 12.8 Å². The second-order valence-electron chi connectivity index (χ2n) is 6.66. The van der Waals surface area contributed by atoms with Gasteiger partial charge in [0.05, 0.1) is 6.54 Å². The molecule has 0 aromatic heterocycles. The Morgan fingerprint density at radius 1 is 1.12 bits per heavy atom. The van der Waals surface area contributed by atoms with Crippen molar-refractivity contribution in [1.29, 1.82) is 0 Å². The summed E-state index contributed by atoms with van der Waals surface area (Å²) in [7, 11) is 0. The first-order chi connectivity index (χ1) is 11.6. The lowest BCUT2D eigenvalue weighted by Crippen LogP contribution is -2.31. The topological polar surface area (TPSA) is 70.2 Å². The van der Waals surface area contributed by atoms with Crippen molar-refractivity contribution in [2.24, 2.45) is 5.92 Å². The van der Waals surface area contributed by atoms with E-state index < -0.39 is 0 Å². The minimum atomic E-state index is -0.101. The number of hydrogen-bond acceptors (Lipinski definition) is 3. The van der Waals surface area contributed by atoms with Gasteiger partial charge in [0.15, 0.2) is 0 Å². The molecule has 1 saturated carbocycles. The smallest absolute Gasteiger partial charge is 0.239 e. The summed E-state index contributed by atoms with van der Waals surface area (Å²) in [5, 5.41) is 8.94. The zero-order valence-electron chi connectivity index (χ0n) is 14.8. The van der Waals surface area contributed by atoms with Crippen LogP contribution in [0.3, 0.4) is 0 Å². The van der Waals surface area contributed by atoms with Gasteiger partial charge in [-0.2, -0.15) is 0 Å². The molecule has 5 nitrogen and oxygen atoms in total. The largest absolute Gasteiger partial charge is 0.376 e. The lowest BCUT2D eigenvalue weighted by molar-refractivity contribution is -0.119. The van der Waals surface area contributed by atoms with E-state index in [1.54, 1.807) is 0 Å². The third-order valence-electron chi connectivity index (χ3n) is 4.68. The fraction of sp³-hybridized carbons (Fsp3) is 0.579. The van der Waals surface area contributed by atoms with Crippen LogP contribution in [0.2, 0.25) is 0 Å². The van der Waals surface area contributed by atoms with Gasteiger partial charge in [0, 0.05) is 24.8 Å². The molecule has 132 valence electrons. The lowest BCUT2D eigenvalue weighted by atomic mass is 9.87. The Hall–Kier alpha value is -2.04. The third-order valence-corrected chi connectivity index (χ3v) is 4.68. The summed E-state index contributed by atoms with van der Waals surface area (Å²) in [5.74, 6) is 0.689. The van der Waals surface area contributed by atoms with Crippen molar-refractivity contribution in [1.82, 2.24) is 5.32 Å². The normalized spacial score (nSPS) is 14.9. The average Bonchev–Trinajstić information content (AvgIpc) is 2.56. The summed E-state index contributed by atoms with van der Waals surface area (Å²) in [6, 6.07) is 5.63. The lowest BCUT2D eigenvalue weighted by Gasteiger charge is -2.21. The predicted molar refractivity (Wildman–Crippen MR) is 98.2 cm³/mol. The molecular formula is C19H29N3O2. The van der Waals surface area contributed by atoms with Crippen LogP contribution >= 0.6 is 0 Å². The van der Waals surface area contributed by atoms with Crippen LogP contribution in [-0.4, -0.2) is 24.9 Å². The maximum absolute atomic E-state index is 12.0. The van der Waals surface area contributed by atoms with Crippen LogP contribution in [0.15, 0.2) is 18.2 Å². The number of hydrogen-bond donors (Lipinski definition) is 3. The zero-order chi connectivity index (χ0) is 17.4. The van der Waals surface area contributed by atoms with E-state index in [1.165, 1.54) is 39.0 Å². The minimum absolute atomic E-state index is 0.00939. The molecule has 0 radical (unpaired) electrons. The standard InChI is InChI=1S/C19H29N3O2/c1-14-17(9-6-10-18(14)22-15(2)23)21-13-19(24)20-12-11-16-7-4-3-5-8-16/h6,9-10,16,21H,3-5,7-8,11-13H2,1-2H3,(H,20,24)(H,22,23). The quantitative estimate of drug-likeness (QED) is 0.716. The number of rotatable bonds is 7. The molecule has 5 heteroatoms. The third kappa shape index (κ3) is 5.87. The molecule has 1 aromatic carbocycles. The molecule has 0 unspecified atom stereocenters. The number of carbonyl (C=O) groups excluding carboxylic acids is 2. The Kier molecular flexibility index (Phi) is 7.09. The number of amides is 2. The summed E-state index contributed by atoms with van der Waals surface area (Å²) in [6.07, 6.45) is 7.74. The molecule has 0 heterocycles. The summed E-state index contributed by atoms with van der Waals surface area (Å²) < 4.78 is 0. The number of nitrogens with one attached hydrogen (secondary N) is 3. The van der Waals surface area contributed by atoms with Crippen molar-refractivity contribution in [3.63, 3.8) is 0 Å². The Morgan fingerprint density at radius 3 is 2.54 bits per heavy atom. The highest BCUT2D eigenvalue weighted by Gasteiger charge is 2.13. The molecule has 0 atom stereocenters. The van der Waals surface area contributed by atoms with Crippen LogP contribution in [-0.2, 0) is 9.59 Å². The molecule has 0 bridgehead atoms. The summed E-state index contributed by atoms with van der Waals surface area (Å²) in [6.45, 7) is 4.42. The Balaban J connectivity index is 1.74. The molecule has 0 aliphatic heterocycles. The molecule has 1 fully saturated rings. The molecule has 1 aliphatic carbocycles. The van der Waals surface area contributed by atoms with Gasteiger partial charge in [-0.15, -0.1) is 0 Å². The molecule has 1 aromatic rings. The molecule has 1 aliphatic rings. The van der Waals surface area contributed by atoms with Crippen molar-refractivity contribution < 1.29 is 9.59 Å². The van der Waals surface area contributed by atoms with Crippen LogP contribution in [0.1, 0.15) is 51.0 Å². The van der Waals surface area contributed by atoms with Gasteiger partial charge < -0.3 is 16.0 Å². The van der Waals surface area contributed by atoms with E-state index in [1.807, 2.05) is 25.1 Å². The SMILES string of the molecule is CC(=O)Nc1cccc(NCC(=O)NCCC2CCCCC2)c1C. The number of anilines is 2. The van der Waals surface area contributed by atoms with Crippen LogP contribution in [0.4, 0.5) is 11.4 Å². The summed E-state index contributed by atoms with van der Waals surface area (Å²) >= 11 is 0. The highest BCUT2D eigenvalue weighted by atomic mass is 16.2. The first kappa shape index (κ1) is 18.3. The van der Waals surface area contributed by atoms with E-state index in [0.29, 0.717) is 0 Å². The zero-order valence-corrected chi connectivity index (χ0v) is 14.8. The molecule has 3 N–H and O–H groups in total. The van der Waals surface area contributed by atoms with Crippen molar-refractivity contribution in [3.8, 4) is 0 Å². The van der Waals surface area contributed by atoms with Gasteiger partial charge in [-0.3, -0.25) is 9.59 Å². The Morgan fingerprint density at radius 2 is 1.83 bits per heavy atom. The fourth-order valence-corrected chi connectivity index (χ4v) is 3.28. The van der Waals surface area contributed by atoms with E-state index in [-0.39, 0.29) is 18.4 Å². The minimum Gasteiger partial charge on any atom is -0.376 e. The van der Waals surface area contributed by atoms with Gasteiger partial charge in [0.1, 0.15) is 0 Å². The highest BCUT2D eigenvalue weighted by Crippen LogP contribution is 2.25. The second kappa shape index (κ2) is 9.30. The molecule has 0 saturated heterocycles. The van der Waals surface area contributed by atoms with Crippen molar-refractivity contribution in [2.45, 2.75) is 52.4 Å². The van der Waals surface area contributed by atoms with E-state index in [0.717, 1.165) is 35.8 Å². The number of carbonyl (C=O) groups is 2. The van der Waals surface area contributed by atoms with E-state index in [2.05, 4.69) is 16.0 Å². The molecule has 2 amide bonds. The molecule has 2 rings (SSSR count). The predicted octanol–water partition coefficient (Wildman–Crippen LogP) is 3.45. The average molecular weight is 331 g/mol. The van der Waals surface area contributed by atoms with E-state index in [9.17, 15) is 9.59 Å². The Labute approximate surface area is 144 Å². The maximum Gasteiger partial charge on any atom is 0.239 e. The monoisotopic (exact) mass is 331 g/mol. The van der Waals surface area contributed by atoms with Gasteiger partial charge >= 0.3 is 0 Å². The van der Waals surface area contributed by atoms with E-state index >= 15 is 0 Å². The van der Waals surface area contributed by atoms with Gasteiger partial charge in [0.2, 0.25) is 11.8 Å². The van der Waals surface area contributed by atoms with Gasteiger partial charge in [-0.1, -0.05) is 38.2 Å². The van der Waals surface area contributed by atoms with Crippen molar-refractivity contribution in [2.75, 3.05) is 23.7 Å². The maximum atomic E-state index is 12.0. The van der Waals surface area contributed by atoms with Crippen molar-refractivity contribution >= 4 is 23.2 Å². The molecule has 0 spiro atoms. The first-order valence-corrected chi connectivity index (χ1v) is 8.94. The fourth-order valence-electron chi connectivity index (χ4n) is 3.28. The van der Waals surface area contributed by atoms with E-state index in [4.69, 9.17) is 0 Å². The highest BCUT2D eigenvalue weighted by molar-refractivity contribution is 5.91. The number of benzene rings is 1.